The van der Waals surface area contributed by atoms with Crippen molar-refractivity contribution < 1.29 is 0 Å². The minimum atomic E-state index is 0.738. The normalized spacial score (nSPS) is 27.3. The molecule has 0 radical (unpaired) electrons. The molecule has 1 saturated heterocycles. The lowest BCUT2D eigenvalue weighted by Gasteiger charge is -2.35. The maximum absolute atomic E-state index is 2.67. The third-order valence-corrected chi connectivity index (χ3v) is 4.96. The van der Waals surface area contributed by atoms with Crippen LogP contribution < -0.4 is 0 Å². The zero-order valence-corrected chi connectivity index (χ0v) is 13.1. The Kier molecular flexibility index (Phi) is 5.69. The van der Waals surface area contributed by atoms with E-state index >= 15 is 0 Å². The van der Waals surface area contributed by atoms with Gasteiger partial charge in [-0.05, 0) is 50.1 Å². The zero-order valence-electron chi connectivity index (χ0n) is 13.1. The highest BCUT2D eigenvalue weighted by atomic mass is 15.1. The number of likely N-dealkylation sites (tertiary alicyclic amines) is 1. The standard InChI is InChI=1S/C18H31N/c1-4-6-16(3)18-9-11-19(12-10-18)14-17-8-5-7-15(2)13-17/h5,7-8,15-16,18H,4,6,9-14H2,1-3H3. The minimum Gasteiger partial charge on any atom is -0.299 e. The van der Waals surface area contributed by atoms with Crippen LogP contribution in [-0.4, -0.2) is 24.5 Å². The van der Waals surface area contributed by atoms with Crippen LogP contribution in [0.3, 0.4) is 0 Å². The summed E-state index contributed by atoms with van der Waals surface area (Å²) in [5.41, 5.74) is 1.63. The van der Waals surface area contributed by atoms with Gasteiger partial charge in [0.05, 0.1) is 0 Å². The third kappa shape index (κ3) is 4.49. The molecule has 2 atom stereocenters. The summed E-state index contributed by atoms with van der Waals surface area (Å²) >= 11 is 0. The summed E-state index contributed by atoms with van der Waals surface area (Å²) in [4.78, 5) is 2.67. The number of allylic oxidation sites excluding steroid dienone is 3. The van der Waals surface area contributed by atoms with E-state index in [0.29, 0.717) is 0 Å². The average Bonchev–Trinajstić information content (AvgIpc) is 2.40. The fourth-order valence-electron chi connectivity index (χ4n) is 3.71. The van der Waals surface area contributed by atoms with Gasteiger partial charge < -0.3 is 0 Å². The topological polar surface area (TPSA) is 3.24 Å². The van der Waals surface area contributed by atoms with Gasteiger partial charge in [-0.2, -0.15) is 0 Å². The predicted molar refractivity (Wildman–Crippen MR) is 84.2 cm³/mol. The van der Waals surface area contributed by atoms with Crippen molar-refractivity contribution >= 4 is 0 Å². The van der Waals surface area contributed by atoms with E-state index in [1.165, 1.54) is 51.7 Å². The summed E-state index contributed by atoms with van der Waals surface area (Å²) in [5, 5.41) is 0. The Morgan fingerprint density at radius 2 is 2.05 bits per heavy atom. The molecule has 0 amide bonds. The summed E-state index contributed by atoms with van der Waals surface area (Å²) in [7, 11) is 0. The van der Waals surface area contributed by atoms with Crippen LogP contribution in [-0.2, 0) is 0 Å². The molecule has 2 aliphatic rings. The Bertz CT molecular complexity index is 321. The van der Waals surface area contributed by atoms with Crippen molar-refractivity contribution in [1.82, 2.24) is 4.90 Å². The second-order valence-corrected chi connectivity index (χ2v) is 6.77. The van der Waals surface area contributed by atoms with Crippen molar-refractivity contribution in [1.29, 1.82) is 0 Å². The largest absolute Gasteiger partial charge is 0.299 e. The molecular formula is C18H31N. The van der Waals surface area contributed by atoms with Crippen LogP contribution in [0.5, 0.6) is 0 Å². The van der Waals surface area contributed by atoms with E-state index < -0.39 is 0 Å². The van der Waals surface area contributed by atoms with E-state index in [1.54, 1.807) is 5.57 Å². The molecule has 1 nitrogen and oxygen atoms in total. The highest BCUT2D eigenvalue weighted by molar-refractivity contribution is 5.20. The quantitative estimate of drug-likeness (QED) is 0.696. The first kappa shape index (κ1) is 14.8. The SMILES string of the molecule is CCCC(C)C1CCN(CC2=CC=CC(C)C2)CC1. The molecular weight excluding hydrogens is 230 g/mol. The number of nitrogens with zero attached hydrogens (tertiary/aromatic N) is 1. The fourth-order valence-corrected chi connectivity index (χ4v) is 3.71. The fraction of sp³-hybridized carbons (Fsp3) is 0.778. The monoisotopic (exact) mass is 261 g/mol. The van der Waals surface area contributed by atoms with Gasteiger partial charge in [-0.3, -0.25) is 4.90 Å². The highest BCUT2D eigenvalue weighted by Crippen LogP contribution is 2.29. The van der Waals surface area contributed by atoms with Gasteiger partial charge >= 0.3 is 0 Å². The lowest BCUT2D eigenvalue weighted by atomic mass is 9.83. The van der Waals surface area contributed by atoms with Crippen LogP contribution >= 0.6 is 0 Å². The summed E-state index contributed by atoms with van der Waals surface area (Å²) in [6.07, 6.45) is 13.8. The lowest BCUT2D eigenvalue weighted by Crippen LogP contribution is -2.37. The molecule has 0 aromatic carbocycles. The lowest BCUT2D eigenvalue weighted by molar-refractivity contribution is 0.156. The molecule has 1 heterocycles. The molecule has 108 valence electrons. The molecule has 0 saturated carbocycles. The van der Waals surface area contributed by atoms with E-state index in [2.05, 4.69) is 43.9 Å². The molecule has 1 fully saturated rings. The molecule has 0 spiro atoms. The van der Waals surface area contributed by atoms with Gasteiger partial charge in [-0.15, -0.1) is 0 Å². The van der Waals surface area contributed by atoms with Gasteiger partial charge in [0.2, 0.25) is 0 Å². The van der Waals surface area contributed by atoms with Crippen molar-refractivity contribution in [3.8, 4) is 0 Å². The first-order valence-corrected chi connectivity index (χ1v) is 8.27. The van der Waals surface area contributed by atoms with Gasteiger partial charge in [0, 0.05) is 6.54 Å². The number of piperidine rings is 1. The predicted octanol–water partition coefficient (Wildman–Crippen LogP) is 4.66. The van der Waals surface area contributed by atoms with Crippen molar-refractivity contribution in [3.63, 3.8) is 0 Å². The van der Waals surface area contributed by atoms with E-state index in [1.807, 2.05) is 0 Å². The van der Waals surface area contributed by atoms with E-state index in [0.717, 1.165) is 17.8 Å². The molecule has 0 N–H and O–H groups in total. The summed E-state index contributed by atoms with van der Waals surface area (Å²) in [6.45, 7) is 10.9. The second-order valence-electron chi connectivity index (χ2n) is 6.77. The Balaban J connectivity index is 1.74. The van der Waals surface area contributed by atoms with Gasteiger partial charge in [-0.1, -0.05) is 57.4 Å². The van der Waals surface area contributed by atoms with E-state index in [-0.39, 0.29) is 0 Å². The molecule has 0 aromatic heterocycles. The first-order valence-electron chi connectivity index (χ1n) is 8.27. The first-order chi connectivity index (χ1) is 9.19. The molecule has 1 aliphatic carbocycles. The summed E-state index contributed by atoms with van der Waals surface area (Å²) < 4.78 is 0. The smallest absolute Gasteiger partial charge is 0.0196 e. The van der Waals surface area contributed by atoms with Gasteiger partial charge in [0.25, 0.3) is 0 Å². The number of rotatable bonds is 5. The molecule has 1 aliphatic heterocycles. The maximum Gasteiger partial charge on any atom is 0.0196 e. The summed E-state index contributed by atoms with van der Waals surface area (Å²) in [6, 6.07) is 0. The van der Waals surface area contributed by atoms with Crippen LogP contribution in [0.25, 0.3) is 0 Å². The molecule has 2 rings (SSSR count). The molecule has 1 heteroatoms. The maximum atomic E-state index is 2.67. The Morgan fingerprint density at radius 1 is 1.32 bits per heavy atom. The van der Waals surface area contributed by atoms with Gasteiger partial charge in [0.15, 0.2) is 0 Å². The number of hydrogen-bond acceptors (Lipinski definition) is 1. The van der Waals surface area contributed by atoms with Crippen molar-refractivity contribution in [2.24, 2.45) is 17.8 Å². The Morgan fingerprint density at radius 3 is 2.68 bits per heavy atom. The van der Waals surface area contributed by atoms with Crippen LogP contribution in [0.15, 0.2) is 23.8 Å². The van der Waals surface area contributed by atoms with Gasteiger partial charge in [0.1, 0.15) is 0 Å². The number of hydrogen-bond donors (Lipinski definition) is 0. The summed E-state index contributed by atoms with van der Waals surface area (Å²) in [5.74, 6) is 2.65. The van der Waals surface area contributed by atoms with Crippen molar-refractivity contribution in [2.75, 3.05) is 19.6 Å². The zero-order chi connectivity index (χ0) is 13.7. The van der Waals surface area contributed by atoms with Gasteiger partial charge in [-0.25, -0.2) is 0 Å². The Labute approximate surface area is 119 Å². The third-order valence-electron chi connectivity index (χ3n) is 4.96. The van der Waals surface area contributed by atoms with Crippen LogP contribution in [0.2, 0.25) is 0 Å². The van der Waals surface area contributed by atoms with Crippen LogP contribution in [0.4, 0.5) is 0 Å². The van der Waals surface area contributed by atoms with Crippen LogP contribution in [0, 0.1) is 17.8 Å². The van der Waals surface area contributed by atoms with Crippen molar-refractivity contribution in [2.45, 2.75) is 52.9 Å². The molecule has 19 heavy (non-hydrogen) atoms. The minimum absolute atomic E-state index is 0.738. The van der Waals surface area contributed by atoms with Crippen LogP contribution in [0.1, 0.15) is 52.9 Å². The molecule has 0 aromatic rings. The average molecular weight is 261 g/mol. The molecule has 0 bridgehead atoms. The van der Waals surface area contributed by atoms with E-state index in [9.17, 15) is 0 Å². The highest BCUT2D eigenvalue weighted by Gasteiger charge is 2.23. The second kappa shape index (κ2) is 7.28. The van der Waals surface area contributed by atoms with Crippen molar-refractivity contribution in [3.05, 3.63) is 23.8 Å². The molecule has 2 unspecified atom stereocenters. The Hall–Kier alpha value is -0.560. The van der Waals surface area contributed by atoms with E-state index in [4.69, 9.17) is 0 Å².